The second kappa shape index (κ2) is 18.3. The summed E-state index contributed by atoms with van der Waals surface area (Å²) in [7, 11) is 0. The third-order valence-electron chi connectivity index (χ3n) is 5.28. The SMILES string of the molecule is CC.CC(C)C(=O)[C@H](CCCNC(N)=O)NC(=O)C(CCCNC(N)=O)NC(=O)CCN1C(=O)C=CC1=O. The molecule has 0 aliphatic carbocycles. The molecule has 1 unspecified atom stereocenters. The Kier molecular flexibility index (Phi) is 16.4. The van der Waals surface area contributed by atoms with Gasteiger partial charge in [0.25, 0.3) is 11.8 Å². The summed E-state index contributed by atoms with van der Waals surface area (Å²) in [6.45, 7) is 7.59. The molecule has 1 rings (SSSR count). The topological polar surface area (TPSA) is 223 Å². The normalized spacial score (nSPS) is 13.8. The summed E-state index contributed by atoms with van der Waals surface area (Å²) in [4.78, 5) is 84.2. The lowest BCUT2D eigenvalue weighted by molar-refractivity contribution is -0.137. The highest BCUT2D eigenvalue weighted by molar-refractivity contribution is 6.13. The fraction of sp³-hybridized carbons (Fsp3) is 0.625. The van der Waals surface area contributed by atoms with Crippen molar-refractivity contribution >= 4 is 41.5 Å². The van der Waals surface area contributed by atoms with Crippen LogP contribution in [0.2, 0.25) is 0 Å². The van der Waals surface area contributed by atoms with E-state index in [-0.39, 0.29) is 50.6 Å². The first-order valence-corrected chi connectivity index (χ1v) is 12.7. The predicted octanol–water partition coefficient (Wildman–Crippen LogP) is -0.581. The van der Waals surface area contributed by atoms with E-state index in [0.717, 1.165) is 17.1 Å². The molecule has 0 aromatic rings. The third kappa shape index (κ3) is 13.4. The van der Waals surface area contributed by atoms with Crippen LogP contribution in [0.25, 0.3) is 0 Å². The van der Waals surface area contributed by atoms with Gasteiger partial charge in [0, 0.05) is 44.1 Å². The fourth-order valence-electron chi connectivity index (χ4n) is 3.40. The molecule has 0 saturated carbocycles. The molecule has 38 heavy (non-hydrogen) atoms. The van der Waals surface area contributed by atoms with Gasteiger partial charge in [-0.1, -0.05) is 27.7 Å². The van der Waals surface area contributed by atoms with Crippen molar-refractivity contribution in [3.8, 4) is 0 Å². The molecule has 8 amide bonds. The lowest BCUT2D eigenvalue weighted by Crippen LogP contribution is -2.52. The minimum absolute atomic E-state index is 0.118. The van der Waals surface area contributed by atoms with E-state index in [1.807, 2.05) is 13.8 Å². The van der Waals surface area contributed by atoms with E-state index >= 15 is 0 Å². The zero-order valence-electron chi connectivity index (χ0n) is 22.5. The monoisotopic (exact) mass is 539 g/mol. The van der Waals surface area contributed by atoms with E-state index in [1.165, 1.54) is 0 Å². The summed E-state index contributed by atoms with van der Waals surface area (Å²) >= 11 is 0. The molecule has 14 heteroatoms. The Morgan fingerprint density at radius 2 is 1.29 bits per heavy atom. The predicted molar refractivity (Wildman–Crippen MR) is 139 cm³/mol. The van der Waals surface area contributed by atoms with Gasteiger partial charge in [0.1, 0.15) is 6.04 Å². The number of amides is 8. The van der Waals surface area contributed by atoms with Crippen LogP contribution >= 0.6 is 0 Å². The maximum atomic E-state index is 13.0. The van der Waals surface area contributed by atoms with Gasteiger partial charge in [-0.15, -0.1) is 0 Å². The number of nitrogens with zero attached hydrogens (tertiary/aromatic N) is 1. The van der Waals surface area contributed by atoms with Crippen LogP contribution in [0.3, 0.4) is 0 Å². The van der Waals surface area contributed by atoms with Crippen molar-refractivity contribution < 1.29 is 33.6 Å². The van der Waals surface area contributed by atoms with Crippen LogP contribution < -0.4 is 32.7 Å². The highest BCUT2D eigenvalue weighted by Crippen LogP contribution is 2.09. The van der Waals surface area contributed by atoms with Gasteiger partial charge in [-0.3, -0.25) is 28.9 Å². The van der Waals surface area contributed by atoms with Crippen LogP contribution in [0.4, 0.5) is 9.59 Å². The van der Waals surface area contributed by atoms with Crippen molar-refractivity contribution in [3.63, 3.8) is 0 Å². The number of Topliss-reactive ketones (excluding diaryl/α,β-unsaturated/α-hetero) is 1. The van der Waals surface area contributed by atoms with Crippen LogP contribution in [0, 0.1) is 5.92 Å². The summed E-state index contributed by atoms with van der Waals surface area (Å²) < 4.78 is 0. The Morgan fingerprint density at radius 1 is 0.816 bits per heavy atom. The Balaban J connectivity index is 0.00000667. The molecule has 0 aromatic carbocycles. The number of rotatable bonds is 16. The Labute approximate surface area is 222 Å². The van der Waals surface area contributed by atoms with E-state index in [4.69, 9.17) is 11.5 Å². The highest BCUT2D eigenvalue weighted by atomic mass is 16.2. The van der Waals surface area contributed by atoms with Gasteiger partial charge in [0.15, 0.2) is 5.78 Å². The van der Waals surface area contributed by atoms with Crippen molar-refractivity contribution in [2.45, 2.75) is 71.9 Å². The molecule has 0 spiro atoms. The standard InChI is InChI=1S/C22H35N7O7.C2H6/c1-13(2)19(33)14(5-3-10-25-21(23)35)28-20(34)15(6-4-11-26-22(24)36)27-16(30)9-12-29-17(31)7-8-18(29)32;1-2/h7-8,13-15H,3-6,9-12H2,1-2H3,(H,27,30)(H,28,34)(H3,23,25,35)(H3,24,26,36);1-2H3/t14-,15?;/m0./s1. The minimum atomic E-state index is -1.05. The number of ketones is 1. The van der Waals surface area contributed by atoms with E-state index < -0.39 is 47.8 Å². The number of primary amides is 2. The second-order valence-corrected chi connectivity index (χ2v) is 8.52. The van der Waals surface area contributed by atoms with Crippen LogP contribution in [0.15, 0.2) is 12.2 Å². The summed E-state index contributed by atoms with van der Waals surface area (Å²) in [5.41, 5.74) is 10.1. The average Bonchev–Trinajstić information content (AvgIpc) is 3.18. The van der Waals surface area contributed by atoms with Crippen LogP contribution in [-0.2, 0) is 24.0 Å². The summed E-state index contributed by atoms with van der Waals surface area (Å²) in [6.07, 6.45) is 3.00. The summed E-state index contributed by atoms with van der Waals surface area (Å²) in [5, 5.41) is 10.0. The van der Waals surface area contributed by atoms with Crippen LogP contribution in [0.5, 0.6) is 0 Å². The first-order chi connectivity index (χ1) is 17.9. The van der Waals surface area contributed by atoms with Crippen molar-refractivity contribution in [2.75, 3.05) is 19.6 Å². The first kappa shape index (κ1) is 34.0. The number of hydrogen-bond donors (Lipinski definition) is 6. The lowest BCUT2D eigenvalue weighted by Gasteiger charge is -2.24. The number of nitrogens with two attached hydrogens (primary N) is 2. The molecular weight excluding hydrogens is 498 g/mol. The quantitative estimate of drug-likeness (QED) is 0.110. The first-order valence-electron chi connectivity index (χ1n) is 12.7. The van der Waals surface area contributed by atoms with Crippen LogP contribution in [0.1, 0.15) is 59.8 Å². The Bertz CT molecular complexity index is 871. The van der Waals surface area contributed by atoms with E-state index in [9.17, 15) is 33.6 Å². The van der Waals surface area contributed by atoms with Crippen molar-refractivity contribution in [1.29, 1.82) is 0 Å². The van der Waals surface area contributed by atoms with Gasteiger partial charge >= 0.3 is 12.1 Å². The zero-order chi connectivity index (χ0) is 29.3. The molecule has 0 aromatic heterocycles. The number of carbonyl (C=O) groups is 7. The number of imide groups is 1. The number of hydrogen-bond acceptors (Lipinski definition) is 7. The largest absolute Gasteiger partial charge is 0.352 e. The van der Waals surface area contributed by atoms with Gasteiger partial charge in [-0.25, -0.2) is 9.59 Å². The van der Waals surface area contributed by atoms with Crippen LogP contribution in [-0.4, -0.2) is 78.1 Å². The lowest BCUT2D eigenvalue weighted by atomic mass is 9.97. The van der Waals surface area contributed by atoms with Gasteiger partial charge < -0.3 is 32.7 Å². The molecule has 0 bridgehead atoms. The number of carbonyl (C=O) groups excluding carboxylic acids is 7. The highest BCUT2D eigenvalue weighted by Gasteiger charge is 2.28. The molecule has 214 valence electrons. The molecule has 0 fully saturated rings. The molecule has 1 aliphatic rings. The fourth-order valence-corrected chi connectivity index (χ4v) is 3.40. The molecule has 0 radical (unpaired) electrons. The summed E-state index contributed by atoms with van der Waals surface area (Å²) in [5.74, 6) is -2.85. The third-order valence-corrected chi connectivity index (χ3v) is 5.28. The number of urea groups is 2. The average molecular weight is 540 g/mol. The van der Waals surface area contributed by atoms with Crippen molar-refractivity contribution in [1.82, 2.24) is 26.2 Å². The molecule has 0 saturated heterocycles. The van der Waals surface area contributed by atoms with Gasteiger partial charge in [-0.05, 0) is 25.7 Å². The Hall–Kier alpha value is -3.97. The molecule has 14 nitrogen and oxygen atoms in total. The molecular formula is C24H41N7O7. The van der Waals surface area contributed by atoms with Gasteiger partial charge in [0.05, 0.1) is 6.04 Å². The molecule has 1 heterocycles. The van der Waals surface area contributed by atoms with E-state index in [2.05, 4.69) is 21.3 Å². The summed E-state index contributed by atoms with van der Waals surface area (Å²) in [6, 6.07) is -3.35. The second-order valence-electron chi connectivity index (χ2n) is 8.52. The van der Waals surface area contributed by atoms with Gasteiger partial charge in [0.2, 0.25) is 11.8 Å². The Morgan fingerprint density at radius 3 is 1.74 bits per heavy atom. The number of nitrogens with one attached hydrogen (secondary N) is 4. The minimum Gasteiger partial charge on any atom is -0.352 e. The van der Waals surface area contributed by atoms with E-state index in [0.29, 0.717) is 12.8 Å². The zero-order valence-corrected chi connectivity index (χ0v) is 22.5. The smallest absolute Gasteiger partial charge is 0.312 e. The molecule has 1 aliphatic heterocycles. The maximum Gasteiger partial charge on any atom is 0.312 e. The van der Waals surface area contributed by atoms with E-state index in [1.54, 1.807) is 13.8 Å². The van der Waals surface area contributed by atoms with Crippen molar-refractivity contribution in [2.24, 2.45) is 17.4 Å². The molecule has 8 N–H and O–H groups in total. The molecule has 2 atom stereocenters. The van der Waals surface area contributed by atoms with Gasteiger partial charge in [-0.2, -0.15) is 0 Å². The van der Waals surface area contributed by atoms with Crippen molar-refractivity contribution in [3.05, 3.63) is 12.2 Å². The maximum absolute atomic E-state index is 13.0.